The highest BCUT2D eigenvalue weighted by atomic mass is 35.5. The van der Waals surface area contributed by atoms with Gasteiger partial charge in [-0.05, 0) is 62.4 Å². The van der Waals surface area contributed by atoms with E-state index in [1.54, 1.807) is 6.20 Å². The van der Waals surface area contributed by atoms with Crippen molar-refractivity contribution in [2.24, 2.45) is 0 Å². The summed E-state index contributed by atoms with van der Waals surface area (Å²) < 4.78 is 2.31. The Hall–Kier alpha value is -2.04. The summed E-state index contributed by atoms with van der Waals surface area (Å²) in [7, 11) is 0. The molecule has 5 heteroatoms. The number of nitrogens with zero attached hydrogens (tertiary/aromatic N) is 1. The van der Waals surface area contributed by atoms with Gasteiger partial charge in [-0.1, -0.05) is 17.7 Å². The number of benzene rings is 1. The SMILES string of the molecule is CC1(O)CCC(n2ccc3cc(-c4cc[nH]c(=O)c4Cl)ccc32)CC1. The average molecular weight is 357 g/mol. The lowest BCUT2D eigenvalue weighted by atomic mass is 9.83. The first-order valence-corrected chi connectivity index (χ1v) is 9.03. The van der Waals surface area contributed by atoms with Crippen molar-refractivity contribution in [3.05, 3.63) is 58.1 Å². The van der Waals surface area contributed by atoms with Gasteiger partial charge in [0.05, 0.1) is 5.60 Å². The van der Waals surface area contributed by atoms with Gasteiger partial charge in [0.1, 0.15) is 5.02 Å². The highest BCUT2D eigenvalue weighted by molar-refractivity contribution is 6.33. The van der Waals surface area contributed by atoms with Gasteiger partial charge in [-0.15, -0.1) is 0 Å². The van der Waals surface area contributed by atoms with Gasteiger partial charge in [-0.25, -0.2) is 0 Å². The predicted molar refractivity (Wildman–Crippen MR) is 101 cm³/mol. The molecule has 130 valence electrons. The van der Waals surface area contributed by atoms with Crippen LogP contribution in [0.2, 0.25) is 5.02 Å². The smallest absolute Gasteiger partial charge is 0.267 e. The minimum Gasteiger partial charge on any atom is -0.390 e. The van der Waals surface area contributed by atoms with Gasteiger partial charge >= 0.3 is 0 Å². The first-order chi connectivity index (χ1) is 11.9. The zero-order valence-corrected chi connectivity index (χ0v) is 14.9. The van der Waals surface area contributed by atoms with E-state index in [1.165, 1.54) is 5.52 Å². The van der Waals surface area contributed by atoms with E-state index in [0.29, 0.717) is 6.04 Å². The predicted octanol–water partition coefficient (Wildman–Crippen LogP) is 4.52. The Bertz CT molecular complexity index is 977. The monoisotopic (exact) mass is 356 g/mol. The molecule has 0 aliphatic heterocycles. The number of aromatic amines is 1. The number of rotatable bonds is 2. The van der Waals surface area contributed by atoms with Gasteiger partial charge in [0.15, 0.2) is 0 Å². The van der Waals surface area contributed by atoms with Gasteiger partial charge < -0.3 is 14.7 Å². The van der Waals surface area contributed by atoms with Gasteiger partial charge in [-0.3, -0.25) is 4.79 Å². The van der Waals surface area contributed by atoms with E-state index in [0.717, 1.165) is 42.2 Å². The second-order valence-electron chi connectivity index (χ2n) is 7.26. The lowest BCUT2D eigenvalue weighted by Crippen LogP contribution is -2.31. The summed E-state index contributed by atoms with van der Waals surface area (Å²) in [6.07, 6.45) is 7.37. The van der Waals surface area contributed by atoms with E-state index < -0.39 is 5.60 Å². The molecular formula is C20H21ClN2O2. The molecule has 4 nitrogen and oxygen atoms in total. The van der Waals surface area contributed by atoms with Gasteiger partial charge in [-0.2, -0.15) is 0 Å². The molecule has 1 aromatic carbocycles. The molecule has 0 spiro atoms. The summed E-state index contributed by atoms with van der Waals surface area (Å²) in [4.78, 5) is 14.3. The number of aromatic nitrogens is 2. The molecule has 1 aliphatic carbocycles. The molecule has 1 saturated carbocycles. The molecule has 2 heterocycles. The van der Waals surface area contributed by atoms with Crippen LogP contribution in [0.1, 0.15) is 38.6 Å². The van der Waals surface area contributed by atoms with Crippen LogP contribution in [0.25, 0.3) is 22.0 Å². The summed E-state index contributed by atoms with van der Waals surface area (Å²) in [5.41, 5.74) is 2.06. The van der Waals surface area contributed by atoms with E-state index in [4.69, 9.17) is 11.6 Å². The number of hydrogen-bond donors (Lipinski definition) is 2. The summed E-state index contributed by atoms with van der Waals surface area (Å²) in [5, 5.41) is 11.5. The van der Waals surface area contributed by atoms with E-state index in [9.17, 15) is 9.90 Å². The van der Waals surface area contributed by atoms with Crippen LogP contribution in [0.5, 0.6) is 0 Å². The first kappa shape index (κ1) is 16.4. The number of H-pyrrole nitrogens is 1. The molecule has 0 saturated heterocycles. The summed E-state index contributed by atoms with van der Waals surface area (Å²) in [6.45, 7) is 1.93. The van der Waals surface area contributed by atoms with Crippen molar-refractivity contribution in [3.8, 4) is 11.1 Å². The molecule has 25 heavy (non-hydrogen) atoms. The third-order valence-electron chi connectivity index (χ3n) is 5.36. The average Bonchev–Trinajstić information content (AvgIpc) is 3.00. The van der Waals surface area contributed by atoms with Crippen LogP contribution in [0.4, 0.5) is 0 Å². The van der Waals surface area contributed by atoms with Crippen LogP contribution < -0.4 is 5.56 Å². The lowest BCUT2D eigenvalue weighted by molar-refractivity contribution is 0.0104. The maximum absolute atomic E-state index is 11.7. The number of nitrogens with one attached hydrogen (secondary N) is 1. The van der Waals surface area contributed by atoms with E-state index >= 15 is 0 Å². The number of pyridine rings is 1. The first-order valence-electron chi connectivity index (χ1n) is 8.65. The lowest BCUT2D eigenvalue weighted by Gasteiger charge is -2.34. The molecule has 0 atom stereocenters. The van der Waals surface area contributed by atoms with Gasteiger partial charge in [0.2, 0.25) is 0 Å². The maximum Gasteiger partial charge on any atom is 0.267 e. The fourth-order valence-corrected chi connectivity index (χ4v) is 4.06. The molecule has 1 aliphatic rings. The Morgan fingerprint density at radius 1 is 1.24 bits per heavy atom. The van der Waals surface area contributed by atoms with Crippen molar-refractivity contribution in [1.29, 1.82) is 0 Å². The summed E-state index contributed by atoms with van der Waals surface area (Å²) >= 11 is 6.16. The van der Waals surface area contributed by atoms with Crippen molar-refractivity contribution >= 4 is 22.5 Å². The Labute approximate surface area is 151 Å². The topological polar surface area (TPSA) is 58.0 Å². The molecule has 0 radical (unpaired) electrons. The highest BCUT2D eigenvalue weighted by Gasteiger charge is 2.29. The Morgan fingerprint density at radius 3 is 2.76 bits per heavy atom. The van der Waals surface area contributed by atoms with Crippen LogP contribution in [0, 0.1) is 0 Å². The molecule has 2 aromatic heterocycles. The number of fused-ring (bicyclic) bond motifs is 1. The quantitative estimate of drug-likeness (QED) is 0.709. The second-order valence-corrected chi connectivity index (χ2v) is 7.64. The van der Waals surface area contributed by atoms with Crippen molar-refractivity contribution in [1.82, 2.24) is 9.55 Å². The molecule has 0 amide bonds. The fraction of sp³-hybridized carbons (Fsp3) is 0.350. The zero-order valence-electron chi connectivity index (χ0n) is 14.1. The minimum atomic E-state index is -0.524. The van der Waals surface area contributed by atoms with Crippen LogP contribution in [-0.4, -0.2) is 20.3 Å². The second kappa shape index (κ2) is 6.04. The molecule has 3 aromatic rings. The minimum absolute atomic E-state index is 0.218. The highest BCUT2D eigenvalue weighted by Crippen LogP contribution is 2.37. The van der Waals surface area contributed by atoms with Crippen LogP contribution in [-0.2, 0) is 0 Å². The molecule has 2 N–H and O–H groups in total. The molecule has 0 unspecified atom stereocenters. The third kappa shape index (κ3) is 3.00. The maximum atomic E-state index is 11.7. The van der Waals surface area contributed by atoms with Crippen LogP contribution in [0.15, 0.2) is 47.5 Å². The Morgan fingerprint density at radius 2 is 2.00 bits per heavy atom. The third-order valence-corrected chi connectivity index (χ3v) is 5.73. The normalized spacial score (nSPS) is 23.9. The number of aliphatic hydroxyl groups is 1. The van der Waals surface area contributed by atoms with Crippen molar-refractivity contribution in [2.75, 3.05) is 0 Å². The zero-order chi connectivity index (χ0) is 17.6. The van der Waals surface area contributed by atoms with Crippen molar-refractivity contribution < 1.29 is 5.11 Å². The fourth-order valence-electron chi connectivity index (χ4n) is 3.84. The van der Waals surface area contributed by atoms with E-state index in [1.807, 2.05) is 19.1 Å². The molecule has 0 bridgehead atoms. The molecular weight excluding hydrogens is 336 g/mol. The van der Waals surface area contributed by atoms with Crippen LogP contribution in [0.3, 0.4) is 0 Å². The standard InChI is InChI=1S/C20H21ClN2O2/c1-20(25)8-4-15(5-9-20)23-11-7-14-12-13(2-3-17(14)23)16-6-10-22-19(24)18(16)21/h2-3,6-7,10-12,15,25H,4-5,8-9H2,1H3,(H,22,24). The number of halogens is 1. The number of hydrogen-bond acceptors (Lipinski definition) is 2. The summed E-state index contributed by atoms with van der Waals surface area (Å²) in [6, 6.07) is 10.5. The van der Waals surface area contributed by atoms with Gasteiger partial charge in [0, 0.05) is 34.9 Å². The van der Waals surface area contributed by atoms with E-state index in [-0.39, 0.29) is 10.6 Å². The Balaban J connectivity index is 1.70. The molecule has 4 rings (SSSR count). The summed E-state index contributed by atoms with van der Waals surface area (Å²) in [5.74, 6) is 0. The van der Waals surface area contributed by atoms with Crippen molar-refractivity contribution in [2.45, 2.75) is 44.2 Å². The van der Waals surface area contributed by atoms with Gasteiger partial charge in [0.25, 0.3) is 5.56 Å². The van der Waals surface area contributed by atoms with Crippen LogP contribution >= 0.6 is 11.6 Å². The van der Waals surface area contributed by atoms with E-state index in [2.05, 4.69) is 33.9 Å². The largest absolute Gasteiger partial charge is 0.390 e. The molecule has 1 fully saturated rings. The van der Waals surface area contributed by atoms with Crippen molar-refractivity contribution in [3.63, 3.8) is 0 Å². The Kier molecular flexibility index (Phi) is 3.97.